The lowest BCUT2D eigenvalue weighted by Crippen LogP contribution is -2.31. The van der Waals surface area contributed by atoms with Crippen molar-refractivity contribution in [2.75, 3.05) is 11.4 Å². The standard InChI is InChI=1S/C15H12Br2FNO/c1-2-19(14-6-4-3-5-13(14)18)15(20)11-9-10(16)7-8-12(11)17/h3-9H,2H2,1H3. The SMILES string of the molecule is CCN(C(=O)c1cc(Br)ccc1Br)c1ccccc1F. The topological polar surface area (TPSA) is 20.3 Å². The number of nitrogens with zero attached hydrogens (tertiary/aromatic N) is 1. The molecular formula is C15H12Br2FNO. The largest absolute Gasteiger partial charge is 0.306 e. The van der Waals surface area contributed by atoms with Gasteiger partial charge < -0.3 is 4.90 Å². The van der Waals surface area contributed by atoms with Crippen molar-refractivity contribution in [3.63, 3.8) is 0 Å². The smallest absolute Gasteiger partial charge is 0.259 e. The van der Waals surface area contributed by atoms with Crippen molar-refractivity contribution in [1.29, 1.82) is 0 Å². The van der Waals surface area contributed by atoms with Gasteiger partial charge in [0, 0.05) is 15.5 Å². The summed E-state index contributed by atoms with van der Waals surface area (Å²) in [5.41, 5.74) is 0.774. The Bertz CT molecular complexity index is 646. The minimum Gasteiger partial charge on any atom is -0.306 e. The highest BCUT2D eigenvalue weighted by atomic mass is 79.9. The van der Waals surface area contributed by atoms with Crippen LogP contribution in [0.4, 0.5) is 10.1 Å². The van der Waals surface area contributed by atoms with Gasteiger partial charge in [-0.25, -0.2) is 4.39 Å². The van der Waals surface area contributed by atoms with Crippen molar-refractivity contribution in [3.8, 4) is 0 Å². The highest BCUT2D eigenvalue weighted by molar-refractivity contribution is 9.11. The maximum Gasteiger partial charge on any atom is 0.259 e. The number of anilines is 1. The van der Waals surface area contributed by atoms with Crippen molar-refractivity contribution in [2.45, 2.75) is 6.92 Å². The summed E-state index contributed by atoms with van der Waals surface area (Å²) in [6.07, 6.45) is 0. The molecule has 0 aliphatic heterocycles. The summed E-state index contributed by atoms with van der Waals surface area (Å²) in [4.78, 5) is 14.0. The molecule has 0 radical (unpaired) electrons. The lowest BCUT2D eigenvalue weighted by Gasteiger charge is -2.22. The van der Waals surface area contributed by atoms with E-state index in [2.05, 4.69) is 31.9 Å². The molecule has 2 aromatic rings. The summed E-state index contributed by atoms with van der Waals surface area (Å²) in [5, 5.41) is 0. The number of amides is 1. The number of carbonyl (C=O) groups is 1. The van der Waals surface area contributed by atoms with Crippen LogP contribution in [0.15, 0.2) is 51.4 Å². The monoisotopic (exact) mass is 399 g/mol. The van der Waals surface area contributed by atoms with Crippen LogP contribution in [0.1, 0.15) is 17.3 Å². The number of hydrogen-bond acceptors (Lipinski definition) is 1. The predicted octanol–water partition coefficient (Wildman–Crippen LogP) is 5.02. The second-order valence-corrected chi connectivity index (χ2v) is 5.90. The molecule has 0 fully saturated rings. The van der Waals surface area contributed by atoms with E-state index in [0.29, 0.717) is 16.6 Å². The first-order chi connectivity index (χ1) is 9.54. The molecular weight excluding hydrogens is 389 g/mol. The van der Waals surface area contributed by atoms with Gasteiger partial charge in [0.2, 0.25) is 0 Å². The van der Waals surface area contributed by atoms with Gasteiger partial charge in [0.25, 0.3) is 5.91 Å². The van der Waals surface area contributed by atoms with Gasteiger partial charge >= 0.3 is 0 Å². The van der Waals surface area contributed by atoms with Gasteiger partial charge in [-0.05, 0) is 53.2 Å². The van der Waals surface area contributed by atoms with Crippen molar-refractivity contribution in [3.05, 3.63) is 62.8 Å². The van der Waals surface area contributed by atoms with Crippen LogP contribution in [-0.4, -0.2) is 12.5 Å². The first-order valence-corrected chi connectivity index (χ1v) is 7.64. The average Bonchev–Trinajstić information content (AvgIpc) is 2.44. The third kappa shape index (κ3) is 3.10. The molecule has 0 aliphatic carbocycles. The summed E-state index contributed by atoms with van der Waals surface area (Å²) >= 11 is 6.70. The molecule has 0 bridgehead atoms. The molecule has 104 valence electrons. The Morgan fingerprint density at radius 2 is 1.90 bits per heavy atom. The minimum atomic E-state index is -0.409. The van der Waals surface area contributed by atoms with Gasteiger partial charge in [0.15, 0.2) is 0 Å². The number of halogens is 3. The zero-order valence-electron chi connectivity index (χ0n) is 10.7. The minimum absolute atomic E-state index is 0.245. The second-order valence-electron chi connectivity index (χ2n) is 4.12. The van der Waals surface area contributed by atoms with E-state index in [0.717, 1.165) is 4.47 Å². The number of benzene rings is 2. The van der Waals surface area contributed by atoms with Crippen LogP contribution in [0, 0.1) is 5.82 Å². The van der Waals surface area contributed by atoms with Crippen LogP contribution in [0.25, 0.3) is 0 Å². The van der Waals surface area contributed by atoms with Crippen LogP contribution in [0.2, 0.25) is 0 Å². The molecule has 2 rings (SSSR count). The third-order valence-corrected chi connectivity index (χ3v) is 4.05. The van der Waals surface area contributed by atoms with E-state index in [1.807, 2.05) is 13.0 Å². The molecule has 0 N–H and O–H groups in total. The lowest BCUT2D eigenvalue weighted by atomic mass is 10.1. The summed E-state index contributed by atoms with van der Waals surface area (Å²) in [6, 6.07) is 11.6. The Labute approximate surface area is 133 Å². The Balaban J connectivity index is 2.45. The molecule has 0 saturated carbocycles. The van der Waals surface area contributed by atoms with Gasteiger partial charge in [-0.15, -0.1) is 0 Å². The zero-order chi connectivity index (χ0) is 14.7. The molecule has 0 unspecified atom stereocenters. The van der Waals surface area contributed by atoms with Gasteiger partial charge in [-0.3, -0.25) is 4.79 Å². The van der Waals surface area contributed by atoms with Crippen LogP contribution in [0.3, 0.4) is 0 Å². The summed E-state index contributed by atoms with van der Waals surface area (Å²) < 4.78 is 15.3. The van der Waals surface area contributed by atoms with Gasteiger partial charge in [-0.2, -0.15) is 0 Å². The fraction of sp³-hybridized carbons (Fsp3) is 0.133. The third-order valence-electron chi connectivity index (χ3n) is 2.86. The van der Waals surface area contributed by atoms with E-state index in [-0.39, 0.29) is 11.6 Å². The van der Waals surface area contributed by atoms with Crippen molar-refractivity contribution in [1.82, 2.24) is 0 Å². The number of rotatable bonds is 3. The molecule has 0 atom stereocenters. The fourth-order valence-corrected chi connectivity index (χ4v) is 2.68. The zero-order valence-corrected chi connectivity index (χ0v) is 13.9. The lowest BCUT2D eigenvalue weighted by molar-refractivity contribution is 0.0986. The van der Waals surface area contributed by atoms with Gasteiger partial charge in [0.1, 0.15) is 5.82 Å². The molecule has 2 aromatic carbocycles. The van der Waals surface area contributed by atoms with Crippen molar-refractivity contribution in [2.24, 2.45) is 0 Å². The van der Waals surface area contributed by atoms with Crippen LogP contribution in [-0.2, 0) is 0 Å². The first-order valence-electron chi connectivity index (χ1n) is 6.06. The second kappa shape index (κ2) is 6.50. The van der Waals surface area contributed by atoms with E-state index in [1.165, 1.54) is 11.0 Å². The molecule has 0 heterocycles. The van der Waals surface area contributed by atoms with Crippen molar-refractivity contribution < 1.29 is 9.18 Å². The Hall–Kier alpha value is -1.20. The Kier molecular flexibility index (Phi) is 4.94. The molecule has 0 aromatic heterocycles. The van der Waals surface area contributed by atoms with Crippen LogP contribution < -0.4 is 4.90 Å². The first kappa shape index (κ1) is 15.2. The van der Waals surface area contributed by atoms with E-state index in [1.54, 1.807) is 30.3 Å². The number of para-hydroxylation sites is 1. The molecule has 0 saturated heterocycles. The maximum atomic E-state index is 13.9. The molecule has 1 amide bonds. The summed E-state index contributed by atoms with van der Waals surface area (Å²) in [5.74, 6) is -0.653. The average molecular weight is 401 g/mol. The molecule has 5 heteroatoms. The van der Waals surface area contributed by atoms with Crippen LogP contribution in [0.5, 0.6) is 0 Å². The Morgan fingerprint density at radius 1 is 1.20 bits per heavy atom. The Morgan fingerprint density at radius 3 is 2.55 bits per heavy atom. The number of carbonyl (C=O) groups excluding carboxylic acids is 1. The van der Waals surface area contributed by atoms with Crippen molar-refractivity contribution >= 4 is 43.5 Å². The highest BCUT2D eigenvalue weighted by Crippen LogP contribution is 2.26. The quantitative estimate of drug-likeness (QED) is 0.708. The van der Waals surface area contributed by atoms with Crippen LogP contribution >= 0.6 is 31.9 Å². The highest BCUT2D eigenvalue weighted by Gasteiger charge is 2.21. The molecule has 0 aliphatic rings. The van der Waals surface area contributed by atoms with Gasteiger partial charge in [-0.1, -0.05) is 28.1 Å². The predicted molar refractivity (Wildman–Crippen MR) is 85.6 cm³/mol. The molecule has 2 nitrogen and oxygen atoms in total. The van der Waals surface area contributed by atoms with Gasteiger partial charge in [0.05, 0.1) is 11.3 Å². The van der Waals surface area contributed by atoms with E-state index in [4.69, 9.17) is 0 Å². The molecule has 0 spiro atoms. The number of hydrogen-bond donors (Lipinski definition) is 0. The van der Waals surface area contributed by atoms with E-state index in [9.17, 15) is 9.18 Å². The summed E-state index contributed by atoms with van der Waals surface area (Å²) in [6.45, 7) is 2.20. The normalized spacial score (nSPS) is 10.4. The maximum absolute atomic E-state index is 13.9. The molecule has 20 heavy (non-hydrogen) atoms. The summed E-state index contributed by atoms with van der Waals surface area (Å²) in [7, 11) is 0. The van der Waals surface area contributed by atoms with E-state index >= 15 is 0 Å². The fourth-order valence-electron chi connectivity index (χ4n) is 1.90. The van der Waals surface area contributed by atoms with E-state index < -0.39 is 5.82 Å².